The minimum absolute atomic E-state index is 0. The zero-order chi connectivity index (χ0) is 7.33. The first-order valence-corrected chi connectivity index (χ1v) is 3.10. The number of nitriles is 1. The Labute approximate surface area is 74.9 Å². The van der Waals surface area contributed by atoms with Gasteiger partial charge in [-0.25, -0.2) is 0 Å². The Kier molecular flexibility index (Phi) is 7.35. The first-order valence-electron chi connectivity index (χ1n) is 3.10. The van der Waals surface area contributed by atoms with Gasteiger partial charge in [0.15, 0.2) is 0 Å². The van der Waals surface area contributed by atoms with E-state index in [0.717, 1.165) is 6.42 Å². The zero-order valence-corrected chi connectivity index (χ0v) is 8.15. The Morgan fingerprint density at radius 2 is 2.00 bits per heavy atom. The fourth-order valence-electron chi connectivity index (χ4n) is 0.474. The maximum atomic E-state index is 8.23. The summed E-state index contributed by atoms with van der Waals surface area (Å²) < 4.78 is 0. The summed E-state index contributed by atoms with van der Waals surface area (Å²) in [5.74, 6) is 0. The molecule has 0 atom stereocenters. The molecular formula is C7H13N2V-. The number of hydrogen-bond acceptors (Lipinski definition) is 1. The van der Waals surface area contributed by atoms with Crippen molar-refractivity contribution in [3.8, 4) is 6.07 Å². The van der Waals surface area contributed by atoms with Crippen molar-refractivity contribution >= 4 is 0 Å². The van der Waals surface area contributed by atoms with Crippen LogP contribution in [0.3, 0.4) is 0 Å². The molecule has 0 heterocycles. The van der Waals surface area contributed by atoms with Crippen molar-refractivity contribution in [3.63, 3.8) is 0 Å². The maximum Gasteiger partial charge on any atom is 0.0621 e. The molecule has 1 radical (unpaired) electrons. The van der Waals surface area contributed by atoms with E-state index >= 15 is 0 Å². The molecule has 2 nitrogen and oxygen atoms in total. The smallest absolute Gasteiger partial charge is 0.0621 e. The van der Waals surface area contributed by atoms with E-state index in [-0.39, 0.29) is 24.1 Å². The Balaban J connectivity index is 0. The fourth-order valence-corrected chi connectivity index (χ4v) is 0.474. The van der Waals surface area contributed by atoms with E-state index in [0.29, 0.717) is 6.42 Å². The molecule has 0 saturated heterocycles. The van der Waals surface area contributed by atoms with E-state index < -0.39 is 0 Å². The number of hydrogen-bond donors (Lipinski definition) is 0. The van der Waals surface area contributed by atoms with Crippen LogP contribution in [0.25, 0.3) is 5.32 Å². The standard InChI is InChI=1S/C7H13N2.V/c1-7(2,9-3)5-4-6-8;/h4-5H2,1-3H3;/q-1;. The number of rotatable bonds is 3. The van der Waals surface area contributed by atoms with Crippen LogP contribution in [0.1, 0.15) is 26.7 Å². The predicted molar refractivity (Wildman–Crippen MR) is 38.2 cm³/mol. The van der Waals surface area contributed by atoms with Gasteiger partial charge in [-0.2, -0.15) is 12.3 Å². The molecule has 0 rings (SSSR count). The molecule has 3 heteroatoms. The van der Waals surface area contributed by atoms with Crippen molar-refractivity contribution in [1.29, 1.82) is 5.26 Å². The SMILES string of the molecule is C[N-]C(C)(C)CCC#N.[V]. The van der Waals surface area contributed by atoms with Gasteiger partial charge in [-0.15, -0.1) is 5.54 Å². The summed E-state index contributed by atoms with van der Waals surface area (Å²) in [6.45, 7) is 4.06. The summed E-state index contributed by atoms with van der Waals surface area (Å²) in [7, 11) is 1.79. The van der Waals surface area contributed by atoms with E-state index in [9.17, 15) is 0 Å². The Morgan fingerprint density at radius 3 is 2.30 bits per heavy atom. The second kappa shape index (κ2) is 5.79. The van der Waals surface area contributed by atoms with Crippen molar-refractivity contribution < 1.29 is 18.6 Å². The molecule has 0 bridgehead atoms. The van der Waals surface area contributed by atoms with Crippen LogP contribution in [-0.4, -0.2) is 12.6 Å². The van der Waals surface area contributed by atoms with Gasteiger partial charge in [0.05, 0.1) is 6.07 Å². The van der Waals surface area contributed by atoms with E-state index in [1.807, 2.05) is 13.8 Å². The fraction of sp³-hybridized carbons (Fsp3) is 0.857. The average molecular weight is 176 g/mol. The summed E-state index contributed by atoms with van der Waals surface area (Å²) in [5.41, 5.74) is -0.00424. The molecule has 57 valence electrons. The maximum absolute atomic E-state index is 8.23. The largest absolute Gasteiger partial charge is 0.660 e. The van der Waals surface area contributed by atoms with Gasteiger partial charge >= 0.3 is 0 Å². The van der Waals surface area contributed by atoms with Crippen LogP contribution < -0.4 is 0 Å². The second-order valence-corrected chi connectivity index (χ2v) is 2.69. The van der Waals surface area contributed by atoms with Gasteiger partial charge < -0.3 is 5.32 Å². The van der Waals surface area contributed by atoms with Gasteiger partial charge in [0, 0.05) is 25.0 Å². The molecule has 0 aliphatic carbocycles. The first-order chi connectivity index (χ1) is 4.12. The summed E-state index contributed by atoms with van der Waals surface area (Å²) in [6.07, 6.45) is 1.46. The molecule has 0 aliphatic heterocycles. The Bertz CT molecular complexity index is 115. The molecule has 0 fully saturated rings. The molecule has 0 aromatic rings. The molecule has 0 unspecified atom stereocenters. The minimum atomic E-state index is -0.00424. The predicted octanol–water partition coefficient (Wildman–Crippen LogP) is 2.07. The summed E-state index contributed by atoms with van der Waals surface area (Å²) in [5, 5.41) is 12.3. The van der Waals surface area contributed by atoms with Crippen molar-refractivity contribution in [3.05, 3.63) is 5.32 Å². The summed E-state index contributed by atoms with van der Waals surface area (Å²) >= 11 is 0. The van der Waals surface area contributed by atoms with Crippen molar-refractivity contribution in [2.75, 3.05) is 7.05 Å². The minimum Gasteiger partial charge on any atom is -0.660 e. The summed E-state index contributed by atoms with van der Waals surface area (Å²) in [4.78, 5) is 0. The molecule has 0 amide bonds. The monoisotopic (exact) mass is 176 g/mol. The molecule has 0 aromatic heterocycles. The topological polar surface area (TPSA) is 37.9 Å². The van der Waals surface area contributed by atoms with Gasteiger partial charge in [-0.1, -0.05) is 20.3 Å². The molecule has 0 saturated carbocycles. The third-order valence-electron chi connectivity index (χ3n) is 1.45. The van der Waals surface area contributed by atoms with E-state index in [2.05, 4.69) is 11.4 Å². The second-order valence-electron chi connectivity index (χ2n) is 2.69. The van der Waals surface area contributed by atoms with Crippen LogP contribution in [0.2, 0.25) is 0 Å². The average Bonchev–Trinajstić information content (AvgIpc) is 1.84. The molecule has 10 heavy (non-hydrogen) atoms. The Hall–Kier alpha value is 0.0344. The first kappa shape index (κ1) is 12.7. The van der Waals surface area contributed by atoms with Crippen LogP contribution in [0, 0.1) is 11.3 Å². The molecule has 0 aromatic carbocycles. The van der Waals surface area contributed by atoms with Gasteiger partial charge in [-0.3, -0.25) is 0 Å². The third kappa shape index (κ3) is 6.16. The summed E-state index contributed by atoms with van der Waals surface area (Å²) in [6, 6.07) is 2.10. The third-order valence-corrected chi connectivity index (χ3v) is 1.45. The molecule has 0 spiro atoms. The normalized spacial score (nSPS) is 9.80. The van der Waals surface area contributed by atoms with Crippen LogP contribution in [0.5, 0.6) is 0 Å². The van der Waals surface area contributed by atoms with Crippen LogP contribution >= 0.6 is 0 Å². The number of nitrogens with zero attached hydrogens (tertiary/aromatic N) is 2. The molecular weight excluding hydrogens is 163 g/mol. The van der Waals surface area contributed by atoms with E-state index in [1.54, 1.807) is 7.05 Å². The zero-order valence-electron chi connectivity index (χ0n) is 6.76. The van der Waals surface area contributed by atoms with Gasteiger partial charge in [0.1, 0.15) is 0 Å². The van der Waals surface area contributed by atoms with Crippen molar-refractivity contribution in [2.45, 2.75) is 32.2 Å². The van der Waals surface area contributed by atoms with E-state index in [1.165, 1.54) is 0 Å². The van der Waals surface area contributed by atoms with E-state index in [4.69, 9.17) is 5.26 Å². The quantitative estimate of drug-likeness (QED) is 0.648. The van der Waals surface area contributed by atoms with Crippen molar-refractivity contribution in [2.24, 2.45) is 0 Å². The van der Waals surface area contributed by atoms with Gasteiger partial charge in [0.25, 0.3) is 0 Å². The molecule has 0 aliphatic rings. The van der Waals surface area contributed by atoms with Gasteiger partial charge in [0.2, 0.25) is 0 Å². The van der Waals surface area contributed by atoms with Crippen LogP contribution in [-0.2, 0) is 18.6 Å². The molecule has 0 N–H and O–H groups in total. The van der Waals surface area contributed by atoms with Crippen LogP contribution in [0.15, 0.2) is 0 Å². The Morgan fingerprint density at radius 1 is 1.50 bits per heavy atom. The van der Waals surface area contributed by atoms with Crippen molar-refractivity contribution in [1.82, 2.24) is 0 Å². The van der Waals surface area contributed by atoms with Gasteiger partial charge in [-0.05, 0) is 0 Å². The van der Waals surface area contributed by atoms with Crippen LogP contribution in [0.4, 0.5) is 0 Å².